The smallest absolute Gasteiger partial charge is 0.267 e. The van der Waals surface area contributed by atoms with Crippen molar-refractivity contribution < 1.29 is 14.8 Å². The maximum Gasteiger partial charge on any atom is 0.267 e. The van der Waals surface area contributed by atoms with E-state index in [2.05, 4.69) is 41.8 Å². The molecule has 6 N–H and O–H groups in total. The number of hydrogen-bond acceptors (Lipinski definition) is 5. The highest BCUT2D eigenvalue weighted by Crippen LogP contribution is 2.20. The zero-order valence-corrected chi connectivity index (χ0v) is 15.4. The highest BCUT2D eigenvalue weighted by molar-refractivity contribution is 5.97. The third kappa shape index (κ3) is 5.89. The van der Waals surface area contributed by atoms with Gasteiger partial charge in [0.15, 0.2) is 0 Å². The Morgan fingerprint density at radius 1 is 1.04 bits per heavy atom. The molecule has 0 unspecified atom stereocenters. The lowest BCUT2D eigenvalue weighted by atomic mass is 10.0. The summed E-state index contributed by atoms with van der Waals surface area (Å²) in [6.07, 6.45) is 0.988. The zero-order valence-electron chi connectivity index (χ0n) is 15.4. The number of hydroxylamine groups is 1. The summed E-state index contributed by atoms with van der Waals surface area (Å²) in [6, 6.07) is 14.5. The molecule has 0 aliphatic heterocycles. The third-order valence-corrected chi connectivity index (χ3v) is 4.24. The molecule has 1 atom stereocenters. The van der Waals surface area contributed by atoms with Crippen molar-refractivity contribution in [1.29, 1.82) is 0 Å². The Bertz CT molecular complexity index is 745. The molecule has 144 valence electrons. The molecule has 2 amide bonds. The van der Waals surface area contributed by atoms with Crippen LogP contribution in [0.15, 0.2) is 48.5 Å². The average molecular weight is 370 g/mol. The Morgan fingerprint density at radius 2 is 1.63 bits per heavy atom. The molecule has 0 aromatic heterocycles. The van der Waals surface area contributed by atoms with E-state index in [4.69, 9.17) is 10.9 Å². The van der Waals surface area contributed by atoms with E-state index in [0.717, 1.165) is 17.5 Å². The summed E-state index contributed by atoms with van der Waals surface area (Å²) in [5, 5.41) is 14.4. The Balaban J connectivity index is 2.05. The van der Waals surface area contributed by atoms with Crippen molar-refractivity contribution >= 4 is 11.8 Å². The highest BCUT2D eigenvalue weighted by Gasteiger charge is 2.20. The molecule has 0 radical (unpaired) electrons. The second-order valence-corrected chi connectivity index (χ2v) is 6.12. The SMILES string of the molecule is CCc1ccc(-c2ccc(C(=O)N[C@@H](CNCCN)C(=O)NO)cc2)cc1. The molecule has 7 heteroatoms. The van der Waals surface area contributed by atoms with Crippen LogP contribution in [0.5, 0.6) is 0 Å². The second-order valence-electron chi connectivity index (χ2n) is 6.12. The Labute approximate surface area is 158 Å². The summed E-state index contributed by atoms with van der Waals surface area (Å²) in [7, 11) is 0. The van der Waals surface area contributed by atoms with Crippen LogP contribution in [-0.2, 0) is 11.2 Å². The summed E-state index contributed by atoms with van der Waals surface area (Å²) in [5.41, 5.74) is 10.7. The third-order valence-electron chi connectivity index (χ3n) is 4.24. The van der Waals surface area contributed by atoms with Crippen LogP contribution in [0.25, 0.3) is 11.1 Å². The van der Waals surface area contributed by atoms with Gasteiger partial charge in [0.05, 0.1) is 0 Å². The lowest BCUT2D eigenvalue weighted by Gasteiger charge is -2.17. The van der Waals surface area contributed by atoms with Gasteiger partial charge in [-0.3, -0.25) is 14.8 Å². The molecule has 0 aliphatic carbocycles. The summed E-state index contributed by atoms with van der Waals surface area (Å²) in [5.74, 6) is -1.09. The van der Waals surface area contributed by atoms with Gasteiger partial charge >= 0.3 is 0 Å². The number of hydrogen-bond donors (Lipinski definition) is 5. The molecule has 0 bridgehead atoms. The molecule has 0 saturated heterocycles. The quantitative estimate of drug-likeness (QED) is 0.257. The van der Waals surface area contributed by atoms with E-state index in [1.54, 1.807) is 17.6 Å². The van der Waals surface area contributed by atoms with Gasteiger partial charge in [0.25, 0.3) is 11.8 Å². The average Bonchev–Trinajstić information content (AvgIpc) is 2.72. The van der Waals surface area contributed by atoms with Crippen molar-refractivity contribution in [3.05, 3.63) is 59.7 Å². The predicted molar refractivity (Wildman–Crippen MR) is 104 cm³/mol. The van der Waals surface area contributed by atoms with Crippen LogP contribution >= 0.6 is 0 Å². The van der Waals surface area contributed by atoms with Crippen LogP contribution in [0.2, 0.25) is 0 Å². The van der Waals surface area contributed by atoms with Crippen molar-refractivity contribution in [2.45, 2.75) is 19.4 Å². The number of aryl methyl sites for hydroxylation is 1. The standard InChI is InChI=1S/C20H26N4O3/c1-2-14-3-5-15(6-4-14)16-7-9-17(10-8-16)19(25)23-18(20(26)24-27)13-22-12-11-21/h3-10,18,22,27H,2,11-13,21H2,1H3,(H,23,25)(H,24,26)/t18-/m0/s1. The fourth-order valence-electron chi connectivity index (χ4n) is 2.62. The van der Waals surface area contributed by atoms with Crippen LogP contribution in [0, 0.1) is 0 Å². The summed E-state index contributed by atoms with van der Waals surface area (Å²) in [4.78, 5) is 24.1. The van der Waals surface area contributed by atoms with E-state index in [9.17, 15) is 9.59 Å². The maximum absolute atomic E-state index is 12.4. The Kier molecular flexibility index (Phi) is 7.94. The maximum atomic E-state index is 12.4. The monoisotopic (exact) mass is 370 g/mol. The van der Waals surface area contributed by atoms with Gasteiger partial charge in [0, 0.05) is 25.2 Å². The van der Waals surface area contributed by atoms with Crippen molar-refractivity contribution in [3.8, 4) is 11.1 Å². The van der Waals surface area contributed by atoms with Crippen LogP contribution in [0.4, 0.5) is 0 Å². The normalized spacial score (nSPS) is 11.7. The predicted octanol–water partition coefficient (Wildman–Crippen LogP) is 1.07. The van der Waals surface area contributed by atoms with Crippen LogP contribution in [0.3, 0.4) is 0 Å². The first kappa shape index (κ1) is 20.6. The first-order valence-corrected chi connectivity index (χ1v) is 8.94. The second kappa shape index (κ2) is 10.4. The van der Waals surface area contributed by atoms with Crippen LogP contribution < -0.4 is 21.8 Å². The molecule has 0 heterocycles. The van der Waals surface area contributed by atoms with Crippen molar-refractivity contribution in [3.63, 3.8) is 0 Å². The van der Waals surface area contributed by atoms with Gasteiger partial charge in [-0.25, -0.2) is 5.48 Å². The molecule has 0 spiro atoms. The highest BCUT2D eigenvalue weighted by atomic mass is 16.5. The minimum Gasteiger partial charge on any atom is -0.339 e. The van der Waals surface area contributed by atoms with Gasteiger partial charge < -0.3 is 16.4 Å². The van der Waals surface area contributed by atoms with Crippen LogP contribution in [0.1, 0.15) is 22.8 Å². The number of carbonyl (C=O) groups is 2. The molecule has 0 fully saturated rings. The number of nitrogens with two attached hydrogens (primary N) is 1. The first-order chi connectivity index (χ1) is 13.1. The van der Waals surface area contributed by atoms with Crippen molar-refractivity contribution in [2.24, 2.45) is 5.73 Å². The minimum absolute atomic E-state index is 0.164. The fraction of sp³-hybridized carbons (Fsp3) is 0.300. The topological polar surface area (TPSA) is 116 Å². The van der Waals surface area contributed by atoms with Gasteiger partial charge in [-0.1, -0.05) is 43.3 Å². The van der Waals surface area contributed by atoms with E-state index >= 15 is 0 Å². The molecule has 7 nitrogen and oxygen atoms in total. The molecule has 2 rings (SSSR count). The van der Waals surface area contributed by atoms with Gasteiger partial charge in [-0.2, -0.15) is 0 Å². The number of amides is 2. The Morgan fingerprint density at radius 3 is 2.15 bits per heavy atom. The van der Waals surface area contributed by atoms with E-state index in [0.29, 0.717) is 18.7 Å². The van der Waals surface area contributed by atoms with E-state index in [-0.39, 0.29) is 6.54 Å². The summed E-state index contributed by atoms with van der Waals surface area (Å²) in [6.45, 7) is 3.17. The van der Waals surface area contributed by atoms with Gasteiger partial charge in [0.2, 0.25) is 0 Å². The molecule has 27 heavy (non-hydrogen) atoms. The molecule has 2 aromatic rings. The molecule has 0 saturated carbocycles. The summed E-state index contributed by atoms with van der Waals surface area (Å²) < 4.78 is 0. The largest absolute Gasteiger partial charge is 0.339 e. The summed E-state index contributed by atoms with van der Waals surface area (Å²) >= 11 is 0. The molecular weight excluding hydrogens is 344 g/mol. The van der Waals surface area contributed by atoms with Gasteiger partial charge in [-0.05, 0) is 35.2 Å². The number of benzene rings is 2. The van der Waals surface area contributed by atoms with Crippen LogP contribution in [-0.4, -0.2) is 42.7 Å². The Hall–Kier alpha value is -2.74. The number of carbonyl (C=O) groups excluding carboxylic acids is 2. The lowest BCUT2D eigenvalue weighted by Crippen LogP contribution is -2.51. The number of nitrogens with one attached hydrogen (secondary N) is 3. The van der Waals surface area contributed by atoms with Crippen molar-refractivity contribution in [2.75, 3.05) is 19.6 Å². The van der Waals surface area contributed by atoms with Crippen molar-refractivity contribution in [1.82, 2.24) is 16.1 Å². The van der Waals surface area contributed by atoms with Gasteiger partial charge in [0.1, 0.15) is 6.04 Å². The fourth-order valence-corrected chi connectivity index (χ4v) is 2.62. The molecular formula is C20H26N4O3. The minimum atomic E-state index is -0.907. The van der Waals surface area contributed by atoms with E-state index in [1.807, 2.05) is 12.1 Å². The molecule has 0 aliphatic rings. The zero-order chi connectivity index (χ0) is 19.6. The lowest BCUT2D eigenvalue weighted by molar-refractivity contribution is -0.131. The molecule has 2 aromatic carbocycles. The van der Waals surface area contributed by atoms with Gasteiger partial charge in [-0.15, -0.1) is 0 Å². The number of rotatable bonds is 9. The van der Waals surface area contributed by atoms with E-state index in [1.165, 1.54) is 5.56 Å². The van der Waals surface area contributed by atoms with E-state index < -0.39 is 17.9 Å². The first-order valence-electron chi connectivity index (χ1n) is 8.94.